The van der Waals surface area contributed by atoms with Gasteiger partial charge in [-0.2, -0.15) is 0 Å². The van der Waals surface area contributed by atoms with Crippen molar-refractivity contribution in [2.75, 3.05) is 0 Å². The first kappa shape index (κ1) is 19.1. The van der Waals surface area contributed by atoms with Gasteiger partial charge in [0.2, 0.25) is 5.91 Å². The molecule has 0 aromatic heterocycles. The summed E-state index contributed by atoms with van der Waals surface area (Å²) in [6.07, 6.45) is 7.92. The molecule has 0 unspecified atom stereocenters. The monoisotopic (exact) mass is 375 g/mol. The number of hydrogen-bond donors (Lipinski definition) is 2. The number of aliphatic hydroxyl groups excluding tert-OH is 1. The van der Waals surface area contributed by atoms with E-state index in [0.717, 1.165) is 25.7 Å². The Morgan fingerprint density at radius 1 is 1.22 bits per heavy atom. The van der Waals surface area contributed by atoms with E-state index in [2.05, 4.69) is 26.1 Å². The molecule has 1 spiro atoms. The van der Waals surface area contributed by atoms with E-state index in [1.807, 2.05) is 6.08 Å². The fourth-order valence-corrected chi connectivity index (χ4v) is 6.15. The number of aliphatic hydroxyl groups is 1. The summed E-state index contributed by atoms with van der Waals surface area (Å²) in [6, 6.07) is 0.0209. The summed E-state index contributed by atoms with van der Waals surface area (Å²) in [7, 11) is 0. The number of carbonyl (C=O) groups is 2. The second-order valence-electron chi connectivity index (χ2n) is 9.53. The van der Waals surface area contributed by atoms with E-state index in [1.165, 1.54) is 0 Å². The van der Waals surface area contributed by atoms with Crippen LogP contribution in [0.1, 0.15) is 59.3 Å². The van der Waals surface area contributed by atoms with Gasteiger partial charge in [-0.3, -0.25) is 9.59 Å². The van der Waals surface area contributed by atoms with E-state index in [9.17, 15) is 14.7 Å². The van der Waals surface area contributed by atoms with Gasteiger partial charge in [0.1, 0.15) is 11.2 Å². The molecule has 1 amide bonds. The molecule has 150 valence electrons. The quantitative estimate of drug-likeness (QED) is 0.442. The number of epoxide rings is 1. The summed E-state index contributed by atoms with van der Waals surface area (Å²) in [5, 5.41) is 13.5. The first-order chi connectivity index (χ1) is 12.9. The van der Waals surface area contributed by atoms with Gasteiger partial charge in [0.05, 0.1) is 18.3 Å². The summed E-state index contributed by atoms with van der Waals surface area (Å²) in [5.74, 6) is 0.318. The number of amides is 1. The highest BCUT2D eigenvalue weighted by Gasteiger charge is 2.73. The Morgan fingerprint density at radius 3 is 2.74 bits per heavy atom. The van der Waals surface area contributed by atoms with Crippen LogP contribution in [0, 0.1) is 29.1 Å². The summed E-state index contributed by atoms with van der Waals surface area (Å²) >= 11 is 0. The largest absolute Gasteiger partial charge is 0.389 e. The molecule has 2 saturated heterocycles. The van der Waals surface area contributed by atoms with Gasteiger partial charge in [0.25, 0.3) is 0 Å². The Kier molecular flexibility index (Phi) is 4.96. The number of nitrogens with one attached hydrogen (secondary N) is 1. The highest BCUT2D eigenvalue weighted by molar-refractivity contribution is 6.09. The molecule has 4 aliphatic rings. The molecule has 3 fully saturated rings. The number of carbonyl (C=O) groups excluding carboxylic acids is 2. The zero-order valence-corrected chi connectivity index (χ0v) is 16.7. The second-order valence-corrected chi connectivity index (χ2v) is 9.53. The standard InChI is InChI=1S/C22H33NO4/c1-12(2)11-16-18-13(3)19-20(27-19)15-10-9-14(24)7-5-4-6-8-17(25)22(15,18)21(26)23-16/h9-10,12-16,18-20,24H,4-8,11H2,1-3H3,(H,23,26)/t13-,14-,15-,16-,18-,19+,20-,22+/m0/s1. The number of rotatable bonds is 2. The van der Waals surface area contributed by atoms with E-state index < -0.39 is 11.5 Å². The number of Topliss-reactive ketones (excluding diaryl/α,β-unsaturated/α-hetero) is 1. The van der Waals surface area contributed by atoms with Crippen molar-refractivity contribution in [2.24, 2.45) is 29.1 Å². The first-order valence-corrected chi connectivity index (χ1v) is 10.7. The lowest BCUT2D eigenvalue weighted by Crippen LogP contribution is -2.56. The summed E-state index contributed by atoms with van der Waals surface area (Å²) < 4.78 is 6.01. The van der Waals surface area contributed by atoms with Crippen LogP contribution in [0.2, 0.25) is 0 Å². The second kappa shape index (κ2) is 7.00. The van der Waals surface area contributed by atoms with Crippen LogP contribution in [0.15, 0.2) is 12.2 Å². The van der Waals surface area contributed by atoms with Crippen molar-refractivity contribution < 1.29 is 19.4 Å². The Bertz CT molecular complexity index is 644. The van der Waals surface area contributed by atoms with E-state index in [4.69, 9.17) is 4.74 Å². The molecule has 5 heteroatoms. The predicted octanol–water partition coefficient (Wildman–Crippen LogP) is 2.62. The maximum Gasteiger partial charge on any atom is 0.235 e. The van der Waals surface area contributed by atoms with Gasteiger partial charge in [-0.1, -0.05) is 45.8 Å². The van der Waals surface area contributed by atoms with Gasteiger partial charge in [0.15, 0.2) is 0 Å². The molecule has 2 N–H and O–H groups in total. The SMILES string of the molecule is CC(C)C[C@@H]1NC(=O)[C@@]23C(=O)CCCCC[C@H](O)C=C[C@H]2[C@@H]2O[C@@H]2[C@@H](C)[C@@H]13. The fraction of sp³-hybridized carbons (Fsp3) is 0.818. The highest BCUT2D eigenvalue weighted by atomic mass is 16.6. The van der Waals surface area contributed by atoms with E-state index in [1.54, 1.807) is 6.08 Å². The number of fused-ring (bicyclic) bond motifs is 2. The zero-order valence-electron chi connectivity index (χ0n) is 16.7. The number of ether oxygens (including phenoxy) is 1. The summed E-state index contributed by atoms with van der Waals surface area (Å²) in [4.78, 5) is 27.0. The van der Waals surface area contributed by atoms with Crippen molar-refractivity contribution in [3.8, 4) is 0 Å². The molecule has 0 aromatic carbocycles. The Morgan fingerprint density at radius 2 is 2.00 bits per heavy atom. The van der Waals surface area contributed by atoms with Gasteiger partial charge >= 0.3 is 0 Å². The molecule has 27 heavy (non-hydrogen) atoms. The van der Waals surface area contributed by atoms with Crippen molar-refractivity contribution in [2.45, 2.75) is 83.6 Å². The van der Waals surface area contributed by atoms with E-state index in [0.29, 0.717) is 18.8 Å². The van der Waals surface area contributed by atoms with Crippen LogP contribution < -0.4 is 5.32 Å². The van der Waals surface area contributed by atoms with Crippen molar-refractivity contribution in [3.63, 3.8) is 0 Å². The van der Waals surface area contributed by atoms with Crippen molar-refractivity contribution in [3.05, 3.63) is 12.2 Å². The van der Waals surface area contributed by atoms with Gasteiger partial charge < -0.3 is 15.2 Å². The average molecular weight is 376 g/mol. The molecule has 1 saturated carbocycles. The topological polar surface area (TPSA) is 78.9 Å². The normalized spacial score (nSPS) is 46.9. The summed E-state index contributed by atoms with van der Waals surface area (Å²) in [6.45, 7) is 6.47. The maximum absolute atomic E-state index is 13.6. The zero-order chi connectivity index (χ0) is 19.3. The molecule has 2 heterocycles. The van der Waals surface area contributed by atoms with Gasteiger partial charge in [-0.05, 0) is 31.1 Å². The predicted molar refractivity (Wildman–Crippen MR) is 102 cm³/mol. The molecule has 0 radical (unpaired) electrons. The van der Waals surface area contributed by atoms with Gasteiger partial charge in [-0.15, -0.1) is 0 Å². The third-order valence-corrected chi connectivity index (χ3v) is 7.31. The molecule has 0 aromatic rings. The molecule has 2 aliphatic carbocycles. The molecular formula is C22H33NO4. The Hall–Kier alpha value is -1.20. The van der Waals surface area contributed by atoms with Crippen LogP contribution in [0.4, 0.5) is 0 Å². The molecule has 5 nitrogen and oxygen atoms in total. The van der Waals surface area contributed by atoms with Gasteiger partial charge in [0, 0.05) is 24.3 Å². The smallest absolute Gasteiger partial charge is 0.235 e. The van der Waals surface area contributed by atoms with E-state index >= 15 is 0 Å². The van der Waals surface area contributed by atoms with E-state index in [-0.39, 0.29) is 47.7 Å². The minimum atomic E-state index is -1.03. The lowest BCUT2D eigenvalue weighted by atomic mass is 9.53. The molecule has 8 atom stereocenters. The molecule has 2 aliphatic heterocycles. The lowest BCUT2D eigenvalue weighted by Gasteiger charge is -2.44. The fourth-order valence-electron chi connectivity index (χ4n) is 6.15. The van der Waals surface area contributed by atoms with Gasteiger partial charge in [-0.25, -0.2) is 0 Å². The average Bonchev–Trinajstić information content (AvgIpc) is 3.33. The Labute approximate surface area is 161 Å². The van der Waals surface area contributed by atoms with Crippen LogP contribution in [0.3, 0.4) is 0 Å². The van der Waals surface area contributed by atoms with Crippen LogP contribution in [-0.2, 0) is 14.3 Å². The minimum absolute atomic E-state index is 0.0209. The van der Waals surface area contributed by atoms with Crippen LogP contribution in [0.5, 0.6) is 0 Å². The molecule has 0 bridgehead atoms. The van der Waals surface area contributed by atoms with Crippen molar-refractivity contribution in [1.29, 1.82) is 0 Å². The number of ketones is 1. The number of hydrogen-bond acceptors (Lipinski definition) is 4. The van der Waals surface area contributed by atoms with Crippen LogP contribution in [0.25, 0.3) is 0 Å². The highest BCUT2D eigenvalue weighted by Crippen LogP contribution is 2.61. The Balaban J connectivity index is 1.80. The molecule has 4 rings (SSSR count). The van der Waals surface area contributed by atoms with Crippen molar-refractivity contribution in [1.82, 2.24) is 5.32 Å². The third-order valence-electron chi connectivity index (χ3n) is 7.31. The maximum atomic E-state index is 13.6. The minimum Gasteiger partial charge on any atom is -0.389 e. The third kappa shape index (κ3) is 2.98. The molecular weight excluding hydrogens is 342 g/mol. The summed E-state index contributed by atoms with van der Waals surface area (Å²) in [5.41, 5.74) is -1.03. The lowest BCUT2D eigenvalue weighted by molar-refractivity contribution is -0.147. The van der Waals surface area contributed by atoms with Crippen LogP contribution in [-0.4, -0.2) is 41.2 Å². The van der Waals surface area contributed by atoms with Crippen LogP contribution >= 0.6 is 0 Å². The van der Waals surface area contributed by atoms with Crippen molar-refractivity contribution >= 4 is 11.7 Å². The first-order valence-electron chi connectivity index (χ1n) is 10.7.